The summed E-state index contributed by atoms with van der Waals surface area (Å²) in [5.74, 6) is 0. The Morgan fingerprint density at radius 3 is 2.58 bits per heavy atom. The monoisotopic (exact) mass is 221 g/mol. The van der Waals surface area contributed by atoms with Crippen molar-refractivity contribution < 1.29 is 4.79 Å². The highest BCUT2D eigenvalue weighted by atomic mass is 35.5. The Labute approximate surface area is 84.0 Å². The number of halogens is 2. The normalized spacial score (nSPS) is 9.83. The molecule has 1 aromatic carbocycles. The number of nitrogens with two attached hydrogens (primary N) is 1. The summed E-state index contributed by atoms with van der Waals surface area (Å²) in [6.45, 7) is 0. The first kappa shape index (κ1) is 9.71. The second-order valence-corrected chi connectivity index (χ2v) is 3.89. The molecule has 0 unspecified atom stereocenters. The van der Waals surface area contributed by atoms with Crippen LogP contribution in [0, 0.1) is 0 Å². The Balaban J connectivity index is 2.93. The lowest BCUT2D eigenvalue weighted by atomic mass is 10.4. The fourth-order valence-corrected chi connectivity index (χ4v) is 1.70. The van der Waals surface area contributed by atoms with Gasteiger partial charge in [0.1, 0.15) is 0 Å². The van der Waals surface area contributed by atoms with Crippen LogP contribution in [0.1, 0.15) is 0 Å². The fourth-order valence-electron chi connectivity index (χ4n) is 0.666. The lowest BCUT2D eigenvalue weighted by molar-refractivity contribution is 0.267. The summed E-state index contributed by atoms with van der Waals surface area (Å²) in [7, 11) is 0. The number of amides is 1. The molecule has 0 atom stereocenters. The second-order valence-electron chi connectivity index (χ2n) is 2.00. The predicted octanol–water partition coefficient (Wildman–Crippen LogP) is 3.16. The van der Waals surface area contributed by atoms with Crippen molar-refractivity contribution in [2.75, 3.05) is 0 Å². The van der Waals surface area contributed by atoms with Gasteiger partial charge in [-0.1, -0.05) is 23.2 Å². The van der Waals surface area contributed by atoms with Crippen molar-refractivity contribution in [1.82, 2.24) is 0 Å². The topological polar surface area (TPSA) is 43.1 Å². The number of hydrogen-bond donors (Lipinski definition) is 1. The highest BCUT2D eigenvalue weighted by Crippen LogP contribution is 2.29. The summed E-state index contributed by atoms with van der Waals surface area (Å²) in [4.78, 5) is 11.1. The van der Waals surface area contributed by atoms with Crippen LogP contribution in [0.4, 0.5) is 4.79 Å². The standard InChI is InChI=1S/C7H5Cl2NOS/c8-4-1-2-6(5(9)3-4)12-7(10)11/h1-3H,(H2,10,11). The summed E-state index contributed by atoms with van der Waals surface area (Å²) >= 11 is 12.3. The van der Waals surface area contributed by atoms with Gasteiger partial charge in [-0.2, -0.15) is 0 Å². The third kappa shape index (κ3) is 2.59. The molecule has 0 radical (unpaired) electrons. The second kappa shape index (κ2) is 4.03. The van der Waals surface area contributed by atoms with E-state index in [1.807, 2.05) is 0 Å². The van der Waals surface area contributed by atoms with Crippen LogP contribution in [-0.4, -0.2) is 5.24 Å². The molecule has 1 amide bonds. The van der Waals surface area contributed by atoms with Crippen LogP contribution < -0.4 is 5.73 Å². The molecule has 0 aliphatic rings. The zero-order valence-corrected chi connectivity index (χ0v) is 8.21. The van der Waals surface area contributed by atoms with Gasteiger partial charge < -0.3 is 5.73 Å². The van der Waals surface area contributed by atoms with E-state index < -0.39 is 5.24 Å². The lowest BCUT2D eigenvalue weighted by Crippen LogP contribution is -2.01. The molecule has 2 nitrogen and oxygen atoms in total. The predicted molar refractivity (Wildman–Crippen MR) is 51.9 cm³/mol. The molecule has 0 heterocycles. The van der Waals surface area contributed by atoms with E-state index in [2.05, 4.69) is 0 Å². The summed E-state index contributed by atoms with van der Waals surface area (Å²) in [6.07, 6.45) is 0. The van der Waals surface area contributed by atoms with E-state index in [0.717, 1.165) is 11.8 Å². The zero-order valence-electron chi connectivity index (χ0n) is 5.88. The molecule has 12 heavy (non-hydrogen) atoms. The third-order valence-corrected chi connectivity index (χ3v) is 2.54. The van der Waals surface area contributed by atoms with Crippen molar-refractivity contribution in [3.8, 4) is 0 Å². The van der Waals surface area contributed by atoms with Crippen molar-refractivity contribution in [3.63, 3.8) is 0 Å². The first-order chi connectivity index (χ1) is 5.59. The molecule has 0 saturated heterocycles. The van der Waals surface area contributed by atoms with Gasteiger partial charge in [0, 0.05) is 9.92 Å². The number of thioether (sulfide) groups is 1. The van der Waals surface area contributed by atoms with Crippen LogP contribution in [0.25, 0.3) is 0 Å². The minimum Gasteiger partial charge on any atom is -0.360 e. The minimum absolute atomic E-state index is 0.436. The zero-order chi connectivity index (χ0) is 9.14. The van der Waals surface area contributed by atoms with Crippen LogP contribution in [0.3, 0.4) is 0 Å². The third-order valence-electron chi connectivity index (χ3n) is 1.10. The van der Waals surface area contributed by atoms with Gasteiger partial charge in [-0.25, -0.2) is 0 Å². The van der Waals surface area contributed by atoms with Gasteiger partial charge in [0.15, 0.2) is 0 Å². The summed E-state index contributed by atoms with van der Waals surface area (Å²) < 4.78 is 0. The summed E-state index contributed by atoms with van der Waals surface area (Å²) in [5, 5.41) is 0.486. The maximum atomic E-state index is 10.5. The van der Waals surface area contributed by atoms with E-state index in [1.165, 1.54) is 0 Å². The van der Waals surface area contributed by atoms with Crippen molar-refractivity contribution in [1.29, 1.82) is 0 Å². The van der Waals surface area contributed by atoms with Crippen LogP contribution in [0.15, 0.2) is 23.1 Å². The molecule has 1 rings (SSSR count). The molecular weight excluding hydrogens is 217 g/mol. The molecule has 1 aromatic rings. The number of benzene rings is 1. The van der Waals surface area contributed by atoms with Gasteiger partial charge in [0.05, 0.1) is 5.02 Å². The quantitative estimate of drug-likeness (QED) is 0.741. The number of carbonyl (C=O) groups excluding carboxylic acids is 1. The van der Waals surface area contributed by atoms with Gasteiger partial charge in [-0.3, -0.25) is 4.79 Å². The molecule has 0 aliphatic heterocycles. The minimum atomic E-state index is -0.487. The molecule has 0 saturated carbocycles. The van der Waals surface area contributed by atoms with Crippen molar-refractivity contribution in [2.24, 2.45) is 5.73 Å². The van der Waals surface area contributed by atoms with Gasteiger partial charge in [-0.05, 0) is 30.0 Å². The fraction of sp³-hybridized carbons (Fsp3) is 0. The van der Waals surface area contributed by atoms with E-state index in [-0.39, 0.29) is 0 Å². The molecule has 0 aliphatic carbocycles. The van der Waals surface area contributed by atoms with Gasteiger partial charge in [0.2, 0.25) is 0 Å². The van der Waals surface area contributed by atoms with E-state index >= 15 is 0 Å². The van der Waals surface area contributed by atoms with Gasteiger partial charge in [0.25, 0.3) is 5.24 Å². The van der Waals surface area contributed by atoms with Crippen molar-refractivity contribution in [2.45, 2.75) is 4.90 Å². The average Bonchev–Trinajstić information content (AvgIpc) is 1.94. The van der Waals surface area contributed by atoms with E-state index in [9.17, 15) is 4.79 Å². The van der Waals surface area contributed by atoms with E-state index in [4.69, 9.17) is 28.9 Å². The van der Waals surface area contributed by atoms with Crippen LogP contribution in [0.5, 0.6) is 0 Å². The molecule has 64 valence electrons. The van der Waals surface area contributed by atoms with Crippen LogP contribution in [-0.2, 0) is 0 Å². The molecular formula is C7H5Cl2NOS. The number of hydrogen-bond acceptors (Lipinski definition) is 2. The Kier molecular flexibility index (Phi) is 3.26. The smallest absolute Gasteiger partial charge is 0.281 e. The molecule has 0 bridgehead atoms. The first-order valence-corrected chi connectivity index (χ1v) is 4.59. The average molecular weight is 222 g/mol. The highest BCUT2D eigenvalue weighted by molar-refractivity contribution is 8.13. The molecule has 2 N–H and O–H groups in total. The maximum absolute atomic E-state index is 10.5. The van der Waals surface area contributed by atoms with Crippen LogP contribution >= 0.6 is 35.0 Å². The molecule has 0 fully saturated rings. The maximum Gasteiger partial charge on any atom is 0.281 e. The number of primary amides is 1. The van der Waals surface area contributed by atoms with Crippen LogP contribution in [0.2, 0.25) is 10.0 Å². The first-order valence-electron chi connectivity index (χ1n) is 3.02. The largest absolute Gasteiger partial charge is 0.360 e. The Morgan fingerprint density at radius 2 is 2.08 bits per heavy atom. The van der Waals surface area contributed by atoms with Crippen molar-refractivity contribution in [3.05, 3.63) is 28.2 Å². The Morgan fingerprint density at radius 1 is 1.42 bits per heavy atom. The number of rotatable bonds is 1. The van der Waals surface area contributed by atoms with Gasteiger partial charge in [-0.15, -0.1) is 0 Å². The molecule has 0 spiro atoms. The van der Waals surface area contributed by atoms with Crippen molar-refractivity contribution >= 4 is 40.2 Å². The number of carbonyl (C=O) groups is 1. The van der Waals surface area contributed by atoms with E-state index in [0.29, 0.717) is 14.9 Å². The lowest BCUT2D eigenvalue weighted by Gasteiger charge is -1.99. The molecule has 0 aromatic heterocycles. The summed E-state index contributed by atoms with van der Waals surface area (Å²) in [6, 6.07) is 4.87. The highest BCUT2D eigenvalue weighted by Gasteiger charge is 2.04. The Bertz CT molecular complexity index is 316. The molecule has 5 heteroatoms. The Hall–Kier alpha value is -0.380. The summed E-state index contributed by atoms with van der Waals surface area (Å²) in [5.41, 5.74) is 4.96. The van der Waals surface area contributed by atoms with E-state index in [1.54, 1.807) is 18.2 Å². The SMILES string of the molecule is NC(=O)Sc1ccc(Cl)cc1Cl. The van der Waals surface area contributed by atoms with Gasteiger partial charge >= 0.3 is 0 Å².